The number of carbonyl (C=O) groups excluding carboxylic acids is 4. The zero-order valence-electron chi connectivity index (χ0n) is 25.0. The number of fused-ring (bicyclic) bond motifs is 1. The molecule has 1 aliphatic heterocycles. The molecule has 40 heavy (non-hydrogen) atoms. The number of hydrogen-bond acceptors (Lipinski definition) is 10. The van der Waals surface area contributed by atoms with Gasteiger partial charge in [-0.15, -0.1) is 0 Å². The lowest BCUT2D eigenvalue weighted by atomic mass is 10.1. The molecular formula is C27H42N2O9SSi. The third kappa shape index (κ3) is 9.05. The third-order valence-corrected chi connectivity index (χ3v) is 11.9. The molecule has 0 spiro atoms. The van der Waals surface area contributed by atoms with Gasteiger partial charge in [0.25, 0.3) is 0 Å². The van der Waals surface area contributed by atoms with Gasteiger partial charge >= 0.3 is 18.0 Å². The van der Waals surface area contributed by atoms with Gasteiger partial charge in [-0.3, -0.25) is 4.79 Å². The normalized spacial score (nSPS) is 19.1. The molecule has 1 aromatic carbocycles. The highest BCUT2D eigenvalue weighted by Crippen LogP contribution is 2.41. The molecule has 0 fully saturated rings. The number of nitrogens with one attached hydrogen (secondary N) is 2. The highest BCUT2D eigenvalue weighted by atomic mass is 32.2. The van der Waals surface area contributed by atoms with Gasteiger partial charge in [-0.25, -0.2) is 14.4 Å². The van der Waals surface area contributed by atoms with E-state index in [2.05, 4.69) is 44.5 Å². The van der Waals surface area contributed by atoms with Crippen molar-refractivity contribution >= 4 is 44.0 Å². The number of benzene rings is 1. The van der Waals surface area contributed by atoms with Crippen molar-refractivity contribution in [2.75, 3.05) is 26.6 Å². The summed E-state index contributed by atoms with van der Waals surface area (Å²) in [5.74, 6) is -0.802. The van der Waals surface area contributed by atoms with Crippen molar-refractivity contribution in [2.24, 2.45) is 0 Å². The molecule has 0 aromatic heterocycles. The number of cyclic esters (lactones) is 1. The van der Waals surface area contributed by atoms with Crippen LogP contribution in [0.5, 0.6) is 11.5 Å². The summed E-state index contributed by atoms with van der Waals surface area (Å²) in [5, 5.41) is 4.90. The number of carbonyl (C=O) groups is 4. The van der Waals surface area contributed by atoms with Crippen LogP contribution in [0.2, 0.25) is 18.1 Å². The lowest BCUT2D eigenvalue weighted by molar-refractivity contribution is -0.144. The van der Waals surface area contributed by atoms with Gasteiger partial charge in [0, 0.05) is 23.1 Å². The van der Waals surface area contributed by atoms with Crippen LogP contribution in [-0.4, -0.2) is 76.5 Å². The Morgan fingerprint density at radius 1 is 1.10 bits per heavy atom. The molecule has 0 aliphatic carbocycles. The highest BCUT2D eigenvalue weighted by molar-refractivity contribution is 7.98. The van der Waals surface area contributed by atoms with Gasteiger partial charge in [-0.05, 0) is 45.0 Å². The summed E-state index contributed by atoms with van der Waals surface area (Å²) >= 11 is 1.31. The second-order valence-electron chi connectivity index (χ2n) is 11.9. The molecule has 1 heterocycles. The largest absolute Gasteiger partial charge is 0.543 e. The van der Waals surface area contributed by atoms with E-state index in [1.165, 1.54) is 26.0 Å². The predicted octanol–water partition coefficient (Wildman–Crippen LogP) is 4.03. The number of amides is 2. The van der Waals surface area contributed by atoms with Crippen molar-refractivity contribution in [1.29, 1.82) is 0 Å². The lowest BCUT2D eigenvalue weighted by Crippen LogP contribution is -2.55. The maximum atomic E-state index is 13.4. The number of alkyl carbamates (subject to hydrolysis) is 1. The van der Waals surface area contributed by atoms with Crippen LogP contribution >= 0.6 is 11.8 Å². The molecule has 1 aromatic rings. The van der Waals surface area contributed by atoms with Crippen LogP contribution in [-0.2, 0) is 29.6 Å². The Kier molecular flexibility index (Phi) is 10.9. The summed E-state index contributed by atoms with van der Waals surface area (Å²) in [6, 6.07) is 0.932. The van der Waals surface area contributed by atoms with Gasteiger partial charge in [-0.2, -0.15) is 11.8 Å². The second-order valence-corrected chi connectivity index (χ2v) is 17.7. The second kappa shape index (κ2) is 13.2. The van der Waals surface area contributed by atoms with E-state index in [-0.39, 0.29) is 22.1 Å². The van der Waals surface area contributed by atoms with E-state index < -0.39 is 56.5 Å². The molecule has 0 radical (unpaired) electrons. The van der Waals surface area contributed by atoms with Crippen LogP contribution in [0.25, 0.3) is 0 Å². The molecule has 1 aliphatic rings. The molecule has 0 unspecified atom stereocenters. The monoisotopic (exact) mass is 598 g/mol. The molecule has 2 rings (SSSR count). The zero-order chi connectivity index (χ0) is 30.5. The number of hydrogen-bond donors (Lipinski definition) is 2. The van der Waals surface area contributed by atoms with Gasteiger partial charge < -0.3 is 34.0 Å². The first-order valence-corrected chi connectivity index (χ1v) is 17.0. The first-order chi connectivity index (χ1) is 18.4. The Hall–Kier alpha value is -2.93. The summed E-state index contributed by atoms with van der Waals surface area (Å²) in [4.78, 5) is 51.5. The van der Waals surface area contributed by atoms with Crippen LogP contribution in [0.1, 0.15) is 57.5 Å². The molecule has 0 bridgehead atoms. The lowest BCUT2D eigenvalue weighted by Gasteiger charge is -2.37. The maximum Gasteiger partial charge on any atom is 0.408 e. The Balaban J connectivity index is 2.55. The summed E-state index contributed by atoms with van der Waals surface area (Å²) in [6.07, 6.45) is -0.882. The fourth-order valence-electron chi connectivity index (χ4n) is 3.32. The number of methoxy groups -OCH3 is 2. The van der Waals surface area contributed by atoms with Gasteiger partial charge in [0.1, 0.15) is 35.8 Å². The highest BCUT2D eigenvalue weighted by Gasteiger charge is 2.40. The molecule has 11 nitrogen and oxygen atoms in total. The SMILES string of the molecule is COC(=O)[C@@H]1CSCc2c(O[Si](C)(C)C(C)(C)C)cc(OC)cc2C(=O)OC[C@H](NC(=O)OC(C)(C)C)C(=O)N1. The molecule has 224 valence electrons. The van der Waals surface area contributed by atoms with E-state index >= 15 is 0 Å². The molecule has 13 heteroatoms. The minimum absolute atomic E-state index is 0.122. The van der Waals surface area contributed by atoms with E-state index in [0.717, 1.165) is 0 Å². The van der Waals surface area contributed by atoms with Gasteiger partial charge in [0.2, 0.25) is 14.2 Å². The molecule has 0 saturated carbocycles. The van der Waals surface area contributed by atoms with Crippen molar-refractivity contribution in [3.63, 3.8) is 0 Å². The third-order valence-electron chi connectivity index (χ3n) is 6.53. The molecule has 2 amide bonds. The Morgan fingerprint density at radius 2 is 1.75 bits per heavy atom. The van der Waals surface area contributed by atoms with Gasteiger partial charge in [0.15, 0.2) is 0 Å². The van der Waals surface area contributed by atoms with Crippen LogP contribution in [0.3, 0.4) is 0 Å². The summed E-state index contributed by atoms with van der Waals surface area (Å²) in [7, 11) is 0.371. The summed E-state index contributed by atoms with van der Waals surface area (Å²) in [6.45, 7) is 15.0. The van der Waals surface area contributed by atoms with Crippen molar-refractivity contribution < 1.29 is 42.6 Å². The fraction of sp³-hybridized carbons (Fsp3) is 0.630. The quantitative estimate of drug-likeness (QED) is 0.290. The van der Waals surface area contributed by atoms with E-state index in [0.29, 0.717) is 17.1 Å². The Labute approximate surface area is 241 Å². The fourth-order valence-corrected chi connectivity index (χ4v) is 5.43. The summed E-state index contributed by atoms with van der Waals surface area (Å²) < 4.78 is 27.8. The number of esters is 2. The van der Waals surface area contributed by atoms with Crippen LogP contribution in [0, 0.1) is 0 Å². The number of ether oxygens (including phenoxy) is 4. The van der Waals surface area contributed by atoms with E-state index in [9.17, 15) is 19.2 Å². The molecular weight excluding hydrogens is 556 g/mol. The van der Waals surface area contributed by atoms with Crippen LogP contribution in [0.4, 0.5) is 4.79 Å². The maximum absolute atomic E-state index is 13.4. The van der Waals surface area contributed by atoms with E-state index in [1.54, 1.807) is 32.9 Å². The summed E-state index contributed by atoms with van der Waals surface area (Å²) in [5.41, 5.74) is -0.0518. The average molecular weight is 599 g/mol. The van der Waals surface area contributed by atoms with E-state index in [4.69, 9.17) is 23.4 Å². The Bertz CT molecular complexity index is 1110. The average Bonchev–Trinajstić information content (AvgIpc) is 2.82. The van der Waals surface area contributed by atoms with Gasteiger partial charge in [-0.1, -0.05) is 20.8 Å². The minimum atomic E-state index is -2.34. The number of rotatable bonds is 5. The van der Waals surface area contributed by atoms with Crippen molar-refractivity contribution in [3.05, 3.63) is 23.3 Å². The smallest absolute Gasteiger partial charge is 0.408 e. The van der Waals surface area contributed by atoms with E-state index in [1.807, 2.05) is 0 Å². The predicted molar refractivity (Wildman–Crippen MR) is 154 cm³/mol. The topological polar surface area (TPSA) is 138 Å². The van der Waals surface area contributed by atoms with Crippen LogP contribution < -0.4 is 19.8 Å². The Morgan fingerprint density at radius 3 is 2.30 bits per heavy atom. The zero-order valence-corrected chi connectivity index (χ0v) is 26.8. The molecule has 2 atom stereocenters. The number of thioether (sulfide) groups is 1. The van der Waals surface area contributed by atoms with Gasteiger partial charge in [0.05, 0.1) is 19.8 Å². The minimum Gasteiger partial charge on any atom is -0.543 e. The van der Waals surface area contributed by atoms with Crippen molar-refractivity contribution in [3.8, 4) is 11.5 Å². The standard InChI is InChI=1S/C27H42N2O9SSi/c1-26(2,3)37-25(33)29-19-13-36-23(31)17-11-16(34-7)12-21(38-40(9,10)27(4,5)6)18(17)14-39-15-20(24(32)35-8)28-22(19)30/h11-12,19-20H,13-15H2,1-10H3,(H,28,30)(H,29,33)/t19-,20-/m0/s1. The molecule has 0 saturated heterocycles. The van der Waals surface area contributed by atoms with Crippen molar-refractivity contribution in [2.45, 2.75) is 83.1 Å². The first kappa shape index (κ1) is 33.3. The molecule has 2 N–H and O–H groups in total. The van der Waals surface area contributed by atoms with Crippen molar-refractivity contribution in [1.82, 2.24) is 10.6 Å². The van der Waals surface area contributed by atoms with Crippen LogP contribution in [0.15, 0.2) is 12.1 Å². The first-order valence-electron chi connectivity index (χ1n) is 12.9.